The fourth-order valence-corrected chi connectivity index (χ4v) is 2.39. The van der Waals surface area contributed by atoms with Gasteiger partial charge in [0, 0.05) is 6.08 Å². The smallest absolute Gasteiger partial charge is 0.330 e. The van der Waals surface area contributed by atoms with Crippen LogP contribution in [0.25, 0.3) is 0 Å². The summed E-state index contributed by atoms with van der Waals surface area (Å²) in [6, 6.07) is 0. The maximum Gasteiger partial charge on any atom is 0.330 e. The third-order valence-electron chi connectivity index (χ3n) is 3.26. The van der Waals surface area contributed by atoms with Crippen LogP contribution in [0.15, 0.2) is 12.7 Å². The highest BCUT2D eigenvalue weighted by Gasteiger charge is 2.23. The highest BCUT2D eigenvalue weighted by Crippen LogP contribution is 2.28. The Labute approximate surface area is 92.7 Å². The summed E-state index contributed by atoms with van der Waals surface area (Å²) < 4.78 is 5.39. The second-order valence-corrected chi connectivity index (χ2v) is 4.34. The second-order valence-electron chi connectivity index (χ2n) is 4.34. The van der Waals surface area contributed by atoms with E-state index in [9.17, 15) is 4.79 Å². The fraction of sp³-hybridized carbons (Fsp3) is 0.769. The van der Waals surface area contributed by atoms with E-state index in [1.165, 1.54) is 44.6 Å². The first-order valence-corrected chi connectivity index (χ1v) is 6.11. The molecule has 2 heteroatoms. The van der Waals surface area contributed by atoms with Crippen LogP contribution >= 0.6 is 0 Å². The largest absolute Gasteiger partial charge is 0.459 e. The van der Waals surface area contributed by atoms with E-state index < -0.39 is 0 Å². The highest BCUT2D eigenvalue weighted by molar-refractivity contribution is 5.81. The molecule has 1 saturated carbocycles. The minimum atomic E-state index is -0.272. The Bertz CT molecular complexity index is 203. The molecule has 0 aromatic carbocycles. The van der Waals surface area contributed by atoms with E-state index in [4.69, 9.17) is 4.74 Å². The summed E-state index contributed by atoms with van der Waals surface area (Å²) in [4.78, 5) is 11.2. The van der Waals surface area contributed by atoms with Crippen molar-refractivity contribution in [3.05, 3.63) is 12.7 Å². The Morgan fingerprint density at radius 2 is 2.00 bits per heavy atom. The van der Waals surface area contributed by atoms with Crippen molar-refractivity contribution in [3.63, 3.8) is 0 Å². The molecule has 1 aliphatic rings. The lowest BCUT2D eigenvalue weighted by atomic mass is 9.92. The van der Waals surface area contributed by atoms with Gasteiger partial charge in [-0.25, -0.2) is 4.79 Å². The Hall–Kier alpha value is -0.790. The van der Waals surface area contributed by atoms with E-state index in [1.54, 1.807) is 0 Å². The normalized spacial score (nSPS) is 20.3. The number of carbonyl (C=O) groups excluding carboxylic acids is 1. The zero-order valence-corrected chi connectivity index (χ0v) is 9.71. The maximum absolute atomic E-state index is 11.2. The number of hydrogen-bond donors (Lipinski definition) is 0. The van der Waals surface area contributed by atoms with Gasteiger partial charge >= 0.3 is 5.97 Å². The molecule has 1 rings (SSSR count). The lowest BCUT2D eigenvalue weighted by Crippen LogP contribution is -2.25. The summed E-state index contributed by atoms with van der Waals surface area (Å²) in [5.41, 5.74) is 0. The molecule has 1 fully saturated rings. The molecule has 1 unspecified atom stereocenters. The van der Waals surface area contributed by atoms with Gasteiger partial charge in [0.05, 0.1) is 0 Å². The van der Waals surface area contributed by atoms with Crippen molar-refractivity contribution in [2.24, 2.45) is 5.92 Å². The molecule has 1 atom stereocenters. The van der Waals surface area contributed by atoms with Crippen LogP contribution in [0.3, 0.4) is 0 Å². The Morgan fingerprint density at radius 1 is 1.40 bits per heavy atom. The van der Waals surface area contributed by atoms with Crippen LogP contribution in [0.5, 0.6) is 0 Å². The SMILES string of the molecule is C=CC(=O)OC(CC)C1CCCCCC1. The van der Waals surface area contributed by atoms with Crippen LogP contribution in [0, 0.1) is 5.92 Å². The van der Waals surface area contributed by atoms with Crippen LogP contribution in [-0.2, 0) is 9.53 Å². The minimum absolute atomic E-state index is 0.105. The van der Waals surface area contributed by atoms with Crippen LogP contribution in [0.2, 0.25) is 0 Å². The van der Waals surface area contributed by atoms with Crippen molar-refractivity contribution < 1.29 is 9.53 Å². The summed E-state index contributed by atoms with van der Waals surface area (Å²) in [6.07, 6.45) is 9.95. The van der Waals surface area contributed by atoms with Gasteiger partial charge in [0.25, 0.3) is 0 Å². The molecule has 15 heavy (non-hydrogen) atoms. The summed E-state index contributed by atoms with van der Waals surface area (Å²) in [6.45, 7) is 5.53. The zero-order chi connectivity index (χ0) is 11.1. The highest BCUT2D eigenvalue weighted by atomic mass is 16.5. The Kier molecular flexibility index (Phi) is 5.44. The predicted molar refractivity (Wildman–Crippen MR) is 61.6 cm³/mol. The minimum Gasteiger partial charge on any atom is -0.459 e. The third-order valence-corrected chi connectivity index (χ3v) is 3.26. The van der Waals surface area contributed by atoms with Gasteiger partial charge in [0.2, 0.25) is 0 Å². The molecule has 0 aliphatic heterocycles. The second kappa shape index (κ2) is 6.65. The quantitative estimate of drug-likeness (QED) is 0.403. The van der Waals surface area contributed by atoms with Crippen molar-refractivity contribution in [2.45, 2.75) is 58.0 Å². The van der Waals surface area contributed by atoms with Crippen LogP contribution in [0.1, 0.15) is 51.9 Å². The topological polar surface area (TPSA) is 26.3 Å². The van der Waals surface area contributed by atoms with Gasteiger partial charge in [-0.05, 0) is 25.2 Å². The van der Waals surface area contributed by atoms with Gasteiger partial charge < -0.3 is 4.74 Å². The average Bonchev–Trinajstić information content (AvgIpc) is 2.54. The molecule has 0 N–H and O–H groups in total. The first kappa shape index (κ1) is 12.3. The molecule has 0 heterocycles. The van der Waals surface area contributed by atoms with E-state index in [-0.39, 0.29) is 12.1 Å². The number of esters is 1. The molecule has 1 aliphatic carbocycles. The number of ether oxygens (including phenoxy) is 1. The van der Waals surface area contributed by atoms with Gasteiger partial charge in [0.1, 0.15) is 6.10 Å². The maximum atomic E-state index is 11.2. The lowest BCUT2D eigenvalue weighted by molar-refractivity contribution is -0.146. The van der Waals surface area contributed by atoms with E-state index in [0.29, 0.717) is 5.92 Å². The van der Waals surface area contributed by atoms with Gasteiger partial charge in [-0.3, -0.25) is 0 Å². The molecule has 0 spiro atoms. The first-order chi connectivity index (χ1) is 7.27. The van der Waals surface area contributed by atoms with Gasteiger partial charge in [-0.2, -0.15) is 0 Å². The zero-order valence-electron chi connectivity index (χ0n) is 9.71. The van der Waals surface area contributed by atoms with Crippen LogP contribution < -0.4 is 0 Å². The van der Waals surface area contributed by atoms with Crippen molar-refractivity contribution in [3.8, 4) is 0 Å². The summed E-state index contributed by atoms with van der Waals surface area (Å²) in [5, 5.41) is 0. The fourth-order valence-electron chi connectivity index (χ4n) is 2.39. The van der Waals surface area contributed by atoms with Crippen molar-refractivity contribution in [1.82, 2.24) is 0 Å². The van der Waals surface area contributed by atoms with E-state index in [0.717, 1.165) is 6.42 Å². The molecule has 0 radical (unpaired) electrons. The molecule has 86 valence electrons. The molecule has 0 bridgehead atoms. The van der Waals surface area contributed by atoms with Crippen LogP contribution in [-0.4, -0.2) is 12.1 Å². The number of rotatable bonds is 4. The molecular formula is C13H22O2. The number of carbonyl (C=O) groups is 1. The van der Waals surface area contributed by atoms with Crippen molar-refractivity contribution in [1.29, 1.82) is 0 Å². The number of hydrogen-bond acceptors (Lipinski definition) is 2. The van der Waals surface area contributed by atoms with Gasteiger partial charge in [-0.15, -0.1) is 0 Å². The molecular weight excluding hydrogens is 188 g/mol. The van der Waals surface area contributed by atoms with E-state index in [1.807, 2.05) is 0 Å². The summed E-state index contributed by atoms with van der Waals surface area (Å²) in [5.74, 6) is 0.299. The van der Waals surface area contributed by atoms with E-state index in [2.05, 4.69) is 13.5 Å². The van der Waals surface area contributed by atoms with Crippen molar-refractivity contribution >= 4 is 5.97 Å². The monoisotopic (exact) mass is 210 g/mol. The predicted octanol–water partition coefficient (Wildman–Crippen LogP) is 3.46. The molecule has 0 aromatic heterocycles. The van der Waals surface area contributed by atoms with Gasteiger partial charge in [-0.1, -0.05) is 39.2 Å². The summed E-state index contributed by atoms with van der Waals surface area (Å²) in [7, 11) is 0. The lowest BCUT2D eigenvalue weighted by Gasteiger charge is -2.24. The Morgan fingerprint density at radius 3 is 2.47 bits per heavy atom. The average molecular weight is 210 g/mol. The van der Waals surface area contributed by atoms with E-state index >= 15 is 0 Å². The van der Waals surface area contributed by atoms with Gasteiger partial charge in [0.15, 0.2) is 0 Å². The van der Waals surface area contributed by atoms with Crippen molar-refractivity contribution in [2.75, 3.05) is 0 Å². The first-order valence-electron chi connectivity index (χ1n) is 6.11. The molecule has 0 saturated heterocycles. The van der Waals surface area contributed by atoms with Crippen LogP contribution in [0.4, 0.5) is 0 Å². The molecule has 0 aromatic rings. The molecule has 0 amide bonds. The third kappa shape index (κ3) is 4.06. The standard InChI is InChI=1S/C13H22O2/c1-3-12(15-13(14)4-2)11-9-7-5-6-8-10-11/h4,11-12H,2-3,5-10H2,1H3. The summed E-state index contributed by atoms with van der Waals surface area (Å²) >= 11 is 0. The molecule has 2 nitrogen and oxygen atoms in total. The Balaban J connectivity index is 2.47.